The molecule has 0 spiro atoms. The first-order valence-electron chi connectivity index (χ1n) is 6.19. The lowest BCUT2D eigenvalue weighted by Gasteiger charge is -2.10. The highest BCUT2D eigenvalue weighted by molar-refractivity contribution is 5.88. The van der Waals surface area contributed by atoms with Crippen molar-refractivity contribution in [2.45, 2.75) is 24.9 Å². The lowest BCUT2D eigenvalue weighted by Crippen LogP contribution is -2.42. The molecular weight excluding hydrogens is 242 g/mol. The maximum atomic E-state index is 11.7. The molecule has 0 atom stereocenters. The highest BCUT2D eigenvalue weighted by Gasteiger charge is 2.45. The van der Waals surface area contributed by atoms with Crippen molar-refractivity contribution in [3.63, 3.8) is 0 Å². The summed E-state index contributed by atoms with van der Waals surface area (Å²) in [6, 6.07) is 5.59. The Morgan fingerprint density at radius 2 is 2.32 bits per heavy atom. The summed E-state index contributed by atoms with van der Waals surface area (Å²) in [6.45, 7) is 0.453. The second-order valence-corrected chi connectivity index (χ2v) is 4.81. The Labute approximate surface area is 110 Å². The maximum Gasteiger partial charge on any atom is 0.240 e. The van der Waals surface area contributed by atoms with Gasteiger partial charge in [0.1, 0.15) is 0 Å². The number of nitrogens with zero attached hydrogens (tertiary/aromatic N) is 3. The fourth-order valence-electron chi connectivity index (χ4n) is 1.82. The van der Waals surface area contributed by atoms with E-state index < -0.39 is 5.54 Å². The van der Waals surface area contributed by atoms with Crippen LogP contribution in [0.4, 0.5) is 0 Å². The topological polar surface area (TPSA) is 85.8 Å². The zero-order valence-corrected chi connectivity index (χ0v) is 10.4. The van der Waals surface area contributed by atoms with Gasteiger partial charge in [-0.05, 0) is 36.6 Å². The third-order valence-electron chi connectivity index (χ3n) is 3.24. The van der Waals surface area contributed by atoms with E-state index in [1.165, 1.54) is 0 Å². The second kappa shape index (κ2) is 4.47. The van der Waals surface area contributed by atoms with Gasteiger partial charge >= 0.3 is 0 Å². The van der Waals surface area contributed by atoms with Crippen LogP contribution in [-0.4, -0.2) is 26.2 Å². The third-order valence-corrected chi connectivity index (χ3v) is 3.24. The molecule has 1 aliphatic carbocycles. The number of nitrogens with one attached hydrogen (secondary N) is 1. The molecule has 19 heavy (non-hydrogen) atoms. The Morgan fingerprint density at radius 3 is 3.00 bits per heavy atom. The van der Waals surface area contributed by atoms with Gasteiger partial charge in [-0.1, -0.05) is 0 Å². The third kappa shape index (κ3) is 2.48. The molecule has 0 bridgehead atoms. The summed E-state index contributed by atoms with van der Waals surface area (Å²) in [5.74, 6) is 0.649. The minimum atomic E-state index is -0.627. The summed E-state index contributed by atoms with van der Waals surface area (Å²) in [4.78, 5) is 16.0. The van der Waals surface area contributed by atoms with E-state index in [1.54, 1.807) is 17.1 Å². The van der Waals surface area contributed by atoms with E-state index in [9.17, 15) is 4.79 Å². The van der Waals surface area contributed by atoms with Gasteiger partial charge < -0.3 is 11.1 Å². The molecule has 0 unspecified atom stereocenters. The predicted molar refractivity (Wildman–Crippen MR) is 69.4 cm³/mol. The second-order valence-electron chi connectivity index (χ2n) is 4.81. The minimum Gasteiger partial charge on any atom is -0.350 e. The number of rotatable bonds is 4. The van der Waals surface area contributed by atoms with Gasteiger partial charge in [-0.2, -0.15) is 5.10 Å². The SMILES string of the molecule is NC1(C(=O)NCc2ccnc(-n3cccn3)c2)CC1. The van der Waals surface area contributed by atoms with E-state index in [0.717, 1.165) is 24.2 Å². The molecule has 3 N–H and O–H groups in total. The average Bonchev–Trinajstić information content (AvgIpc) is 2.96. The van der Waals surface area contributed by atoms with Crippen molar-refractivity contribution in [1.82, 2.24) is 20.1 Å². The Hall–Kier alpha value is -2.21. The van der Waals surface area contributed by atoms with Crippen molar-refractivity contribution in [3.8, 4) is 5.82 Å². The Bertz CT molecular complexity index is 589. The number of carbonyl (C=O) groups is 1. The molecule has 1 fully saturated rings. The average molecular weight is 257 g/mol. The normalized spacial score (nSPS) is 16.1. The molecule has 2 aromatic rings. The number of aromatic nitrogens is 3. The summed E-state index contributed by atoms with van der Waals surface area (Å²) in [6.07, 6.45) is 6.76. The van der Waals surface area contributed by atoms with Gasteiger partial charge in [0.15, 0.2) is 5.82 Å². The minimum absolute atomic E-state index is 0.0787. The van der Waals surface area contributed by atoms with Gasteiger partial charge in [-0.15, -0.1) is 0 Å². The van der Waals surface area contributed by atoms with Crippen LogP contribution in [0.1, 0.15) is 18.4 Å². The van der Waals surface area contributed by atoms with E-state index in [-0.39, 0.29) is 5.91 Å². The predicted octanol–water partition coefficient (Wildman–Crippen LogP) is 0.375. The van der Waals surface area contributed by atoms with Crippen LogP contribution in [0.2, 0.25) is 0 Å². The fraction of sp³-hybridized carbons (Fsp3) is 0.308. The standard InChI is InChI=1S/C13H15N5O/c14-13(3-4-13)12(19)16-9-10-2-6-15-11(8-10)18-7-1-5-17-18/h1-2,5-8H,3-4,9,14H2,(H,16,19). The van der Waals surface area contributed by atoms with Gasteiger partial charge in [0, 0.05) is 25.1 Å². The molecule has 0 aromatic carbocycles. The summed E-state index contributed by atoms with van der Waals surface area (Å²) in [5.41, 5.74) is 6.17. The lowest BCUT2D eigenvalue weighted by atomic mass is 10.2. The number of amides is 1. The van der Waals surface area contributed by atoms with E-state index >= 15 is 0 Å². The number of nitrogens with two attached hydrogens (primary N) is 1. The monoisotopic (exact) mass is 257 g/mol. The van der Waals surface area contributed by atoms with E-state index in [2.05, 4.69) is 15.4 Å². The Balaban J connectivity index is 1.68. The quantitative estimate of drug-likeness (QED) is 0.829. The Morgan fingerprint density at radius 1 is 1.47 bits per heavy atom. The van der Waals surface area contributed by atoms with Crippen LogP contribution in [0, 0.1) is 0 Å². The molecule has 3 rings (SSSR count). The lowest BCUT2D eigenvalue weighted by molar-refractivity contribution is -0.123. The van der Waals surface area contributed by atoms with Crippen molar-refractivity contribution in [2.24, 2.45) is 5.73 Å². The smallest absolute Gasteiger partial charge is 0.240 e. The summed E-state index contributed by atoms with van der Waals surface area (Å²) >= 11 is 0. The van der Waals surface area contributed by atoms with E-state index in [0.29, 0.717) is 6.54 Å². The first-order valence-corrected chi connectivity index (χ1v) is 6.19. The maximum absolute atomic E-state index is 11.7. The molecule has 1 amide bonds. The zero-order chi connectivity index (χ0) is 13.3. The van der Waals surface area contributed by atoms with Crippen molar-refractivity contribution in [3.05, 3.63) is 42.4 Å². The number of hydrogen-bond acceptors (Lipinski definition) is 4. The van der Waals surface area contributed by atoms with Gasteiger partial charge in [0.25, 0.3) is 0 Å². The first kappa shape index (κ1) is 11.9. The molecule has 0 saturated heterocycles. The number of carbonyl (C=O) groups excluding carboxylic acids is 1. The van der Waals surface area contributed by atoms with Crippen LogP contribution in [0.5, 0.6) is 0 Å². The molecule has 2 aromatic heterocycles. The Kier molecular flexibility index (Phi) is 2.79. The highest BCUT2D eigenvalue weighted by Crippen LogP contribution is 2.32. The number of hydrogen-bond donors (Lipinski definition) is 2. The summed E-state index contributed by atoms with van der Waals surface area (Å²) in [7, 11) is 0. The van der Waals surface area contributed by atoms with Crippen LogP contribution in [-0.2, 0) is 11.3 Å². The van der Waals surface area contributed by atoms with Crippen LogP contribution >= 0.6 is 0 Å². The summed E-state index contributed by atoms with van der Waals surface area (Å²) in [5, 5.41) is 6.97. The van der Waals surface area contributed by atoms with E-state index in [1.807, 2.05) is 24.4 Å². The van der Waals surface area contributed by atoms with Gasteiger partial charge in [-0.25, -0.2) is 9.67 Å². The molecule has 0 radical (unpaired) electrons. The van der Waals surface area contributed by atoms with Crippen molar-refractivity contribution < 1.29 is 4.79 Å². The number of pyridine rings is 1. The van der Waals surface area contributed by atoms with Crippen molar-refractivity contribution in [1.29, 1.82) is 0 Å². The molecule has 1 aliphatic rings. The molecule has 6 nitrogen and oxygen atoms in total. The molecule has 6 heteroatoms. The van der Waals surface area contributed by atoms with Crippen molar-refractivity contribution in [2.75, 3.05) is 0 Å². The van der Waals surface area contributed by atoms with Gasteiger partial charge in [0.2, 0.25) is 5.91 Å². The first-order chi connectivity index (χ1) is 9.17. The molecule has 1 saturated carbocycles. The summed E-state index contributed by atoms with van der Waals surface area (Å²) < 4.78 is 1.68. The van der Waals surface area contributed by atoms with Gasteiger partial charge in [0.05, 0.1) is 5.54 Å². The van der Waals surface area contributed by atoms with Crippen LogP contribution < -0.4 is 11.1 Å². The van der Waals surface area contributed by atoms with Crippen LogP contribution in [0.25, 0.3) is 5.82 Å². The van der Waals surface area contributed by atoms with Crippen LogP contribution in [0.3, 0.4) is 0 Å². The molecular formula is C13H15N5O. The molecule has 0 aliphatic heterocycles. The molecule has 2 heterocycles. The largest absolute Gasteiger partial charge is 0.350 e. The van der Waals surface area contributed by atoms with Crippen molar-refractivity contribution >= 4 is 5.91 Å². The van der Waals surface area contributed by atoms with Crippen LogP contribution in [0.15, 0.2) is 36.8 Å². The zero-order valence-electron chi connectivity index (χ0n) is 10.4. The highest BCUT2D eigenvalue weighted by atomic mass is 16.2. The fourth-order valence-corrected chi connectivity index (χ4v) is 1.82. The molecule has 98 valence electrons. The van der Waals surface area contributed by atoms with E-state index in [4.69, 9.17) is 5.73 Å². The van der Waals surface area contributed by atoms with Gasteiger partial charge in [-0.3, -0.25) is 4.79 Å².